The van der Waals surface area contributed by atoms with Crippen molar-refractivity contribution >= 4 is 70.2 Å². The number of aryl methyl sites for hydroxylation is 9. The predicted octanol–water partition coefficient (Wildman–Crippen LogP) is 19.3. The topological polar surface area (TPSA) is 172 Å². The molecule has 9 aromatic rings. The fraction of sp³-hybridized carbons (Fsp3) is 0.378. The first-order chi connectivity index (χ1) is 43.4. The summed E-state index contributed by atoms with van der Waals surface area (Å²) in [7, 11) is 0. The van der Waals surface area contributed by atoms with Crippen molar-refractivity contribution < 1.29 is 36.8 Å². The maximum Gasteiger partial charge on any atom is 0.226 e. The van der Waals surface area contributed by atoms with Gasteiger partial charge in [-0.05, 0) is 140 Å². The minimum absolute atomic E-state index is 0.277. The second-order valence-electron chi connectivity index (χ2n) is 22.1. The van der Waals surface area contributed by atoms with Crippen molar-refractivity contribution in [2.24, 2.45) is 0 Å². The minimum atomic E-state index is 0.277. The molecule has 90 heavy (non-hydrogen) atoms. The van der Waals surface area contributed by atoms with E-state index in [1.807, 2.05) is 139 Å². The fourth-order valence-corrected chi connectivity index (χ4v) is 12.6. The highest BCUT2D eigenvalue weighted by Gasteiger charge is 2.17. The summed E-state index contributed by atoms with van der Waals surface area (Å²) in [6.07, 6.45) is 7.17. The summed E-state index contributed by atoms with van der Waals surface area (Å²) in [4.78, 5) is 64.9. The third-order valence-electron chi connectivity index (χ3n) is 14.2. The Balaban J connectivity index is 0.000000192. The third kappa shape index (κ3) is 24.7. The van der Waals surface area contributed by atoms with Crippen LogP contribution in [0.1, 0.15) is 146 Å². The Labute approximate surface area is 550 Å². The van der Waals surface area contributed by atoms with E-state index in [0.717, 1.165) is 117 Å². The van der Waals surface area contributed by atoms with Crippen molar-refractivity contribution in [2.75, 3.05) is 23.0 Å². The molecule has 4 aromatic heterocycles. The number of ketones is 4. The first-order valence-corrected chi connectivity index (χ1v) is 35.6. The van der Waals surface area contributed by atoms with Gasteiger partial charge >= 0.3 is 0 Å². The van der Waals surface area contributed by atoms with Gasteiger partial charge in [0.1, 0.15) is 46.2 Å². The molecule has 0 bridgehead atoms. The van der Waals surface area contributed by atoms with Gasteiger partial charge in [-0.2, -0.15) is 0 Å². The molecule has 0 fully saturated rings. The van der Waals surface area contributed by atoms with Crippen LogP contribution in [-0.4, -0.2) is 66.1 Å². The van der Waals surface area contributed by atoms with E-state index in [2.05, 4.69) is 84.0 Å². The number of thioether (sulfide) groups is 4. The van der Waals surface area contributed by atoms with Gasteiger partial charge in [-0.1, -0.05) is 123 Å². The molecule has 0 atom stereocenters. The average Bonchev–Trinajstić information content (AvgIpc) is 2.93. The van der Waals surface area contributed by atoms with Crippen molar-refractivity contribution in [3.8, 4) is 45.8 Å². The van der Waals surface area contributed by atoms with E-state index in [9.17, 15) is 19.2 Å². The highest BCUT2D eigenvalue weighted by atomic mass is 32.2. The lowest BCUT2D eigenvalue weighted by atomic mass is 10.1. The molecule has 476 valence electrons. The Bertz CT molecular complexity index is 3520. The van der Waals surface area contributed by atoms with Crippen LogP contribution in [0.3, 0.4) is 0 Å². The third-order valence-corrected chi connectivity index (χ3v) is 18.2. The Hall–Kier alpha value is -6.98. The number of hydrogen-bond donors (Lipinski definition) is 0. The van der Waals surface area contributed by atoms with Gasteiger partial charge in [0.05, 0.1) is 45.8 Å². The Morgan fingerprint density at radius 1 is 0.333 bits per heavy atom. The Morgan fingerprint density at radius 2 is 0.600 bits per heavy atom. The van der Waals surface area contributed by atoms with E-state index in [1.165, 1.54) is 27.8 Å². The first-order valence-electron chi connectivity index (χ1n) is 31.0. The molecule has 0 aliphatic carbocycles. The van der Waals surface area contributed by atoms with Gasteiger partial charge in [-0.15, -0.1) is 47.0 Å². The largest absolute Gasteiger partial charge is 0.441 e. The zero-order valence-corrected chi connectivity index (χ0v) is 57.6. The zero-order chi connectivity index (χ0) is 64.8. The number of rotatable bonds is 30. The Morgan fingerprint density at radius 3 is 0.867 bits per heavy atom. The number of oxazole rings is 4. The van der Waals surface area contributed by atoms with Crippen molar-refractivity contribution in [3.63, 3.8) is 0 Å². The molecule has 4 heterocycles. The highest BCUT2D eigenvalue weighted by molar-refractivity contribution is 7.99. The standard InChI is InChI=1S/C22H23NO2S.C18H23NO2S.2C17H21NO2S/c1-16-8-11-19(12-9-16)22-23-21(17(2)25-22)15-26-14-20(24)13-10-18-6-4-3-5-7-18;1-4-6-16(20)11-22-12-17-13(3)21-18(19-17)15-9-7-14(5-2)8-10-15;2*1-4-5-15(19)10-21-11-16-13(3)20-17(18-16)14-8-6-12(2)7-9-14/h3-9,11-12H,10,13-15H2,1-2H3;7-10H,4-6,11-12H2,1-3H3;2*6-9H,4-5,10-11H2,1-3H3. The van der Waals surface area contributed by atoms with Crippen molar-refractivity contribution in [2.45, 2.75) is 157 Å². The van der Waals surface area contributed by atoms with Gasteiger partial charge in [0.25, 0.3) is 0 Å². The van der Waals surface area contributed by atoms with Crippen LogP contribution in [-0.2, 0) is 55.0 Å². The molecule has 0 spiro atoms. The summed E-state index contributed by atoms with van der Waals surface area (Å²) in [5, 5.41) is 0. The molecule has 0 unspecified atom stereocenters. The van der Waals surface area contributed by atoms with Crippen LogP contribution in [0.25, 0.3) is 45.8 Å². The molecule has 12 nitrogen and oxygen atoms in total. The quantitative estimate of drug-likeness (QED) is 0.0416. The van der Waals surface area contributed by atoms with Crippen LogP contribution in [0, 0.1) is 48.5 Å². The number of hydrogen-bond acceptors (Lipinski definition) is 16. The lowest BCUT2D eigenvalue weighted by Gasteiger charge is -2.01. The van der Waals surface area contributed by atoms with E-state index in [0.29, 0.717) is 95.4 Å². The number of Topliss-reactive ketones (excluding diaryl/α,β-unsaturated/α-hetero) is 4. The van der Waals surface area contributed by atoms with Gasteiger partial charge in [-0.3, -0.25) is 19.2 Å². The summed E-state index contributed by atoms with van der Waals surface area (Å²) in [6.45, 7) is 22.1. The number of carbonyl (C=O) groups excluding carboxylic acids is 4. The summed E-state index contributed by atoms with van der Waals surface area (Å²) >= 11 is 6.43. The zero-order valence-electron chi connectivity index (χ0n) is 54.3. The maximum atomic E-state index is 12.1. The number of aromatic nitrogens is 4. The van der Waals surface area contributed by atoms with Gasteiger partial charge < -0.3 is 17.7 Å². The van der Waals surface area contributed by atoms with Gasteiger partial charge in [0.15, 0.2) is 0 Å². The first kappa shape index (κ1) is 72.1. The molecule has 0 saturated heterocycles. The molecule has 9 rings (SSSR count). The van der Waals surface area contributed by atoms with E-state index < -0.39 is 0 Å². The lowest BCUT2D eigenvalue weighted by Crippen LogP contribution is -2.03. The monoisotopic (exact) mass is 1290 g/mol. The summed E-state index contributed by atoms with van der Waals surface area (Å²) in [6, 6.07) is 42.8. The molecule has 0 radical (unpaired) electrons. The second kappa shape index (κ2) is 38.7. The van der Waals surface area contributed by atoms with Crippen LogP contribution in [0.5, 0.6) is 0 Å². The van der Waals surface area contributed by atoms with E-state index >= 15 is 0 Å². The average molecular weight is 1290 g/mol. The van der Waals surface area contributed by atoms with Crippen LogP contribution in [0.4, 0.5) is 0 Å². The molecule has 0 saturated carbocycles. The molecular formula is C74H88N4O8S4. The predicted molar refractivity (Wildman–Crippen MR) is 374 cm³/mol. The van der Waals surface area contributed by atoms with Crippen LogP contribution < -0.4 is 0 Å². The van der Waals surface area contributed by atoms with Gasteiger partial charge in [-0.25, -0.2) is 19.9 Å². The number of nitrogens with zero attached hydrogens (tertiary/aromatic N) is 4. The maximum absolute atomic E-state index is 12.1. The van der Waals surface area contributed by atoms with E-state index in [1.54, 1.807) is 47.0 Å². The molecule has 16 heteroatoms. The number of carbonyl (C=O) groups is 4. The number of benzene rings is 5. The smallest absolute Gasteiger partial charge is 0.226 e. The second-order valence-corrected chi connectivity index (χ2v) is 26.0. The van der Waals surface area contributed by atoms with Crippen molar-refractivity contribution in [1.82, 2.24) is 19.9 Å². The molecule has 0 amide bonds. The van der Waals surface area contributed by atoms with Crippen LogP contribution in [0.2, 0.25) is 0 Å². The fourth-order valence-electron chi connectivity index (χ4n) is 8.81. The summed E-state index contributed by atoms with van der Waals surface area (Å²) < 4.78 is 23.0. The highest BCUT2D eigenvalue weighted by Crippen LogP contribution is 2.29. The molecule has 0 aliphatic heterocycles. The van der Waals surface area contributed by atoms with Crippen LogP contribution in [0.15, 0.2) is 145 Å². The van der Waals surface area contributed by atoms with E-state index in [4.69, 9.17) is 17.7 Å². The Kier molecular flexibility index (Phi) is 31.0. The SMILES string of the molecule is CCCC(=O)CSCc1nc(-c2ccc(C)cc2)oc1C.CCCC(=O)CSCc1nc(-c2ccc(C)cc2)oc1C.CCCC(=O)CSCc1nc(-c2ccc(CC)cc2)oc1C.Cc1ccc(-c2nc(CSCC(=O)CCc3ccccc3)c(C)o2)cc1. The van der Waals surface area contributed by atoms with Crippen molar-refractivity contribution in [3.05, 3.63) is 201 Å². The molecule has 0 aliphatic rings. The molecular weight excluding hydrogens is 1200 g/mol. The normalized spacial score (nSPS) is 10.8. The van der Waals surface area contributed by atoms with Crippen molar-refractivity contribution in [1.29, 1.82) is 0 Å². The van der Waals surface area contributed by atoms with E-state index in [-0.39, 0.29) is 5.78 Å². The molecule has 5 aromatic carbocycles. The summed E-state index contributed by atoms with van der Waals surface area (Å²) in [5.74, 6) is 12.2. The molecule has 0 N–H and O–H groups in total. The summed E-state index contributed by atoms with van der Waals surface area (Å²) in [5.41, 5.74) is 13.8. The van der Waals surface area contributed by atoms with Gasteiger partial charge in [0, 0.05) is 70.9 Å². The lowest BCUT2D eigenvalue weighted by molar-refractivity contribution is -0.117. The van der Waals surface area contributed by atoms with Crippen LogP contribution >= 0.6 is 47.0 Å². The van der Waals surface area contributed by atoms with Gasteiger partial charge in [0.2, 0.25) is 23.6 Å². The minimum Gasteiger partial charge on any atom is -0.441 e.